The first-order valence-corrected chi connectivity index (χ1v) is 4.39. The minimum absolute atomic E-state index is 0.750. The van der Waals surface area contributed by atoms with E-state index in [1.165, 1.54) is 0 Å². The third-order valence-corrected chi connectivity index (χ3v) is 1.96. The van der Waals surface area contributed by atoms with E-state index in [2.05, 4.69) is 31.9 Å². The quantitative estimate of drug-likeness (QED) is 0.659. The molecule has 0 aliphatic rings. The Balaban J connectivity index is 3.29. The lowest BCUT2D eigenvalue weighted by atomic mass is 10.6. The zero-order valence-corrected chi connectivity index (χ0v) is 7.55. The number of rotatable bonds is 2. The Bertz CT molecular complexity index is 70.1. The van der Waals surface area contributed by atoms with E-state index in [1.807, 2.05) is 6.08 Å². The van der Waals surface area contributed by atoms with Crippen LogP contribution in [0.4, 0.5) is 0 Å². The van der Waals surface area contributed by atoms with Gasteiger partial charge in [0, 0.05) is 15.7 Å². The lowest BCUT2D eigenvalue weighted by Gasteiger charge is -1.83. The van der Waals surface area contributed by atoms with E-state index in [1.54, 1.807) is 0 Å². The first-order chi connectivity index (χ1) is 3.31. The number of hydrogen-bond donors (Lipinski definition) is 0. The highest BCUT2D eigenvalue weighted by molar-refractivity contribution is 9.09. The van der Waals surface area contributed by atoms with Gasteiger partial charge in [-0.05, 0) is 0 Å². The molecule has 0 fully saturated rings. The molecule has 0 amide bonds. The van der Waals surface area contributed by atoms with Gasteiger partial charge in [-0.15, -0.1) is 0 Å². The van der Waals surface area contributed by atoms with Crippen LogP contribution in [0, 0.1) is 0 Å². The maximum Gasteiger partial charge on any atom is 0.0388 e. The minimum Gasteiger partial charge on any atom is -0.0885 e. The van der Waals surface area contributed by atoms with Gasteiger partial charge in [0.05, 0.1) is 0 Å². The molecule has 0 unspecified atom stereocenters. The van der Waals surface area contributed by atoms with Crippen LogP contribution in [-0.2, 0) is 0 Å². The Morgan fingerprint density at radius 2 is 2.14 bits per heavy atom. The van der Waals surface area contributed by atoms with E-state index >= 15 is 0 Å². The maximum absolute atomic E-state index is 5.55. The van der Waals surface area contributed by atoms with Crippen LogP contribution in [0.3, 0.4) is 0 Å². The number of allylic oxidation sites excluding steroid dienone is 2. The molecule has 0 nitrogen and oxygen atoms in total. The Morgan fingerprint density at radius 1 is 1.57 bits per heavy atom. The predicted molar refractivity (Wildman–Crippen MR) is 41.5 cm³/mol. The molecule has 0 aliphatic carbocycles. The minimum atomic E-state index is 0.750. The van der Waals surface area contributed by atoms with E-state index in [4.69, 9.17) is 11.6 Å². The third kappa shape index (κ3) is 4.85. The van der Waals surface area contributed by atoms with E-state index in [0.717, 1.165) is 15.7 Å². The van der Waals surface area contributed by atoms with Crippen molar-refractivity contribution in [1.29, 1.82) is 0 Å². The zero-order chi connectivity index (χ0) is 5.70. The maximum atomic E-state index is 5.55. The summed E-state index contributed by atoms with van der Waals surface area (Å²) >= 11 is 12.0. The van der Waals surface area contributed by atoms with Crippen molar-refractivity contribution in [1.82, 2.24) is 0 Å². The highest BCUT2D eigenvalue weighted by Gasteiger charge is 1.82. The second-order valence-electron chi connectivity index (χ2n) is 0.939. The molecule has 0 N–H and O–H groups in total. The van der Waals surface area contributed by atoms with Gasteiger partial charge < -0.3 is 0 Å². The topological polar surface area (TPSA) is 0 Å². The summed E-state index contributed by atoms with van der Waals surface area (Å²) in [7, 11) is 0. The summed E-state index contributed by atoms with van der Waals surface area (Å²) in [6.07, 6.45) is 1.90. The SMILES string of the molecule is ClC(=CCBr)CBr. The molecule has 0 saturated carbocycles. The van der Waals surface area contributed by atoms with Crippen molar-refractivity contribution in [3.8, 4) is 0 Å². The molecule has 0 spiro atoms. The molecule has 0 saturated heterocycles. The van der Waals surface area contributed by atoms with Crippen molar-refractivity contribution < 1.29 is 0 Å². The van der Waals surface area contributed by atoms with Crippen LogP contribution < -0.4 is 0 Å². The highest BCUT2D eigenvalue weighted by atomic mass is 79.9. The zero-order valence-electron chi connectivity index (χ0n) is 3.63. The second kappa shape index (κ2) is 5.13. The highest BCUT2D eigenvalue weighted by Crippen LogP contribution is 2.04. The summed E-state index contributed by atoms with van der Waals surface area (Å²) < 4.78 is 0. The number of halogens is 3. The fourth-order valence-electron chi connectivity index (χ4n) is 0.138. The molecule has 0 aromatic rings. The fraction of sp³-hybridized carbons (Fsp3) is 0.500. The van der Waals surface area contributed by atoms with E-state index in [9.17, 15) is 0 Å². The molecule has 3 heteroatoms. The van der Waals surface area contributed by atoms with Gasteiger partial charge in [-0.1, -0.05) is 49.5 Å². The van der Waals surface area contributed by atoms with Crippen molar-refractivity contribution in [2.24, 2.45) is 0 Å². The van der Waals surface area contributed by atoms with Gasteiger partial charge in [0.15, 0.2) is 0 Å². The van der Waals surface area contributed by atoms with Crippen molar-refractivity contribution in [2.75, 3.05) is 10.7 Å². The Kier molecular flexibility index (Phi) is 5.86. The fourth-order valence-corrected chi connectivity index (χ4v) is 1.02. The van der Waals surface area contributed by atoms with Crippen molar-refractivity contribution in [2.45, 2.75) is 0 Å². The molecule has 0 atom stereocenters. The molecule has 0 bridgehead atoms. The number of alkyl halides is 2. The third-order valence-electron chi connectivity index (χ3n) is 0.426. The summed E-state index contributed by atoms with van der Waals surface area (Å²) in [4.78, 5) is 0. The standard InChI is InChI=1S/C4H5Br2Cl/c5-2-1-4(7)3-6/h1H,2-3H2. The summed E-state index contributed by atoms with van der Waals surface area (Å²) in [5.74, 6) is 0. The lowest BCUT2D eigenvalue weighted by molar-refractivity contribution is 1.65. The number of hydrogen-bond acceptors (Lipinski definition) is 0. The van der Waals surface area contributed by atoms with Gasteiger partial charge in [-0.25, -0.2) is 0 Å². The van der Waals surface area contributed by atoms with Gasteiger partial charge in [0.1, 0.15) is 0 Å². The molecule has 42 valence electrons. The molecule has 0 aliphatic heterocycles. The van der Waals surface area contributed by atoms with E-state index < -0.39 is 0 Å². The van der Waals surface area contributed by atoms with Crippen molar-refractivity contribution >= 4 is 43.5 Å². The predicted octanol–water partition coefficient (Wildman–Crippen LogP) is 2.90. The van der Waals surface area contributed by atoms with Crippen LogP contribution in [0.15, 0.2) is 11.1 Å². The molecule has 0 aromatic heterocycles. The van der Waals surface area contributed by atoms with Crippen molar-refractivity contribution in [3.63, 3.8) is 0 Å². The summed E-state index contributed by atoms with van der Waals surface area (Å²) in [6, 6.07) is 0. The van der Waals surface area contributed by atoms with Crippen LogP contribution in [-0.4, -0.2) is 10.7 Å². The normalized spacial score (nSPS) is 12.1. The monoisotopic (exact) mass is 246 g/mol. The first-order valence-electron chi connectivity index (χ1n) is 1.77. The van der Waals surface area contributed by atoms with E-state index in [-0.39, 0.29) is 0 Å². The van der Waals surface area contributed by atoms with Crippen LogP contribution in [0.1, 0.15) is 0 Å². The van der Waals surface area contributed by atoms with Crippen LogP contribution in [0.2, 0.25) is 0 Å². The largest absolute Gasteiger partial charge is 0.0885 e. The Hall–Kier alpha value is 0.990. The van der Waals surface area contributed by atoms with Crippen molar-refractivity contribution in [3.05, 3.63) is 11.1 Å². The van der Waals surface area contributed by atoms with Crippen LogP contribution in [0.5, 0.6) is 0 Å². The molecule has 7 heavy (non-hydrogen) atoms. The second-order valence-corrected chi connectivity index (χ2v) is 2.63. The molecular weight excluding hydrogens is 243 g/mol. The average molecular weight is 248 g/mol. The van der Waals surface area contributed by atoms with Gasteiger partial charge >= 0.3 is 0 Å². The van der Waals surface area contributed by atoms with E-state index in [0.29, 0.717) is 0 Å². The Morgan fingerprint density at radius 3 is 2.29 bits per heavy atom. The molecule has 0 rings (SSSR count). The molecule has 0 heterocycles. The lowest BCUT2D eigenvalue weighted by Crippen LogP contribution is -1.70. The van der Waals surface area contributed by atoms with Gasteiger partial charge in [-0.3, -0.25) is 0 Å². The van der Waals surface area contributed by atoms with Crippen LogP contribution >= 0.6 is 43.5 Å². The van der Waals surface area contributed by atoms with Gasteiger partial charge in [0.2, 0.25) is 0 Å². The summed E-state index contributed by atoms with van der Waals surface area (Å²) in [5.41, 5.74) is 0. The smallest absolute Gasteiger partial charge is 0.0388 e. The van der Waals surface area contributed by atoms with Crippen LogP contribution in [0.25, 0.3) is 0 Å². The Labute approximate surface area is 65.2 Å². The molecular formula is C4H5Br2Cl. The molecule has 0 radical (unpaired) electrons. The summed E-state index contributed by atoms with van der Waals surface area (Å²) in [5, 5.41) is 2.43. The van der Waals surface area contributed by atoms with Gasteiger partial charge in [-0.2, -0.15) is 0 Å². The first kappa shape index (κ1) is 7.99. The summed E-state index contributed by atoms with van der Waals surface area (Å²) in [6.45, 7) is 0. The molecule has 0 aromatic carbocycles. The average Bonchev–Trinajstić information content (AvgIpc) is 1.68. The van der Waals surface area contributed by atoms with Gasteiger partial charge in [0.25, 0.3) is 0 Å².